The van der Waals surface area contributed by atoms with Gasteiger partial charge < -0.3 is 10.5 Å². The van der Waals surface area contributed by atoms with Gasteiger partial charge in [0.2, 0.25) is 0 Å². The first-order valence-electron chi connectivity index (χ1n) is 5.91. The Morgan fingerprint density at radius 2 is 1.95 bits per heavy atom. The number of ether oxygens (including phenoxy) is 1. The van der Waals surface area contributed by atoms with E-state index in [-0.39, 0.29) is 12.1 Å². The average molecular weight is 405 g/mol. The SMILES string of the molecule is Cc1cc(OC(c2ccc(Br)s2)C(C)N)ccc1Br. The fourth-order valence-corrected chi connectivity index (χ4v) is 3.56. The van der Waals surface area contributed by atoms with E-state index in [0.717, 1.165) is 24.4 Å². The van der Waals surface area contributed by atoms with Gasteiger partial charge in [0.25, 0.3) is 0 Å². The van der Waals surface area contributed by atoms with Crippen LogP contribution in [0.5, 0.6) is 5.75 Å². The normalized spacial score (nSPS) is 14.2. The van der Waals surface area contributed by atoms with Crippen molar-refractivity contribution in [2.75, 3.05) is 0 Å². The van der Waals surface area contributed by atoms with Crippen LogP contribution in [0.15, 0.2) is 38.6 Å². The molecule has 2 nitrogen and oxygen atoms in total. The monoisotopic (exact) mass is 403 g/mol. The van der Waals surface area contributed by atoms with Gasteiger partial charge in [0, 0.05) is 15.4 Å². The highest BCUT2D eigenvalue weighted by atomic mass is 79.9. The third-order valence-electron chi connectivity index (χ3n) is 2.74. The van der Waals surface area contributed by atoms with Gasteiger partial charge in [-0.3, -0.25) is 0 Å². The second kappa shape index (κ2) is 6.39. The first-order valence-corrected chi connectivity index (χ1v) is 8.31. The molecule has 2 unspecified atom stereocenters. The molecule has 102 valence electrons. The number of halogens is 2. The van der Waals surface area contributed by atoms with Gasteiger partial charge in [-0.2, -0.15) is 0 Å². The number of aryl methyl sites for hydroxylation is 1. The summed E-state index contributed by atoms with van der Waals surface area (Å²) in [6.45, 7) is 4.00. The van der Waals surface area contributed by atoms with Gasteiger partial charge in [0.1, 0.15) is 11.9 Å². The van der Waals surface area contributed by atoms with E-state index in [4.69, 9.17) is 10.5 Å². The summed E-state index contributed by atoms with van der Waals surface area (Å²) in [5, 5.41) is 0. The minimum absolute atomic E-state index is 0.0745. The summed E-state index contributed by atoms with van der Waals surface area (Å²) in [5.74, 6) is 0.840. The molecule has 0 amide bonds. The third kappa shape index (κ3) is 3.81. The molecule has 0 spiro atoms. The van der Waals surface area contributed by atoms with Crippen molar-refractivity contribution < 1.29 is 4.74 Å². The van der Waals surface area contributed by atoms with Crippen LogP contribution in [-0.4, -0.2) is 6.04 Å². The predicted octanol–water partition coefficient (Wildman–Crippen LogP) is 5.05. The van der Waals surface area contributed by atoms with E-state index in [2.05, 4.69) is 37.9 Å². The van der Waals surface area contributed by atoms with Gasteiger partial charge in [-0.1, -0.05) is 15.9 Å². The number of benzene rings is 1. The standard InChI is InChI=1S/C14H15Br2NOS/c1-8-7-10(3-4-11(8)15)18-14(9(2)17)12-5-6-13(16)19-12/h3-7,9,14H,17H2,1-2H3. The molecular weight excluding hydrogens is 390 g/mol. The van der Waals surface area contributed by atoms with Gasteiger partial charge in [-0.15, -0.1) is 11.3 Å². The zero-order valence-electron chi connectivity index (χ0n) is 10.7. The van der Waals surface area contributed by atoms with Crippen molar-refractivity contribution >= 4 is 43.2 Å². The molecule has 1 aromatic heterocycles. The first-order chi connectivity index (χ1) is 8.97. The maximum absolute atomic E-state index is 6.05. The number of hydrogen-bond donors (Lipinski definition) is 1. The Kier molecular flexibility index (Phi) is 5.06. The van der Waals surface area contributed by atoms with Gasteiger partial charge >= 0.3 is 0 Å². The summed E-state index contributed by atoms with van der Waals surface area (Å²) in [7, 11) is 0. The lowest BCUT2D eigenvalue weighted by molar-refractivity contribution is 0.184. The number of nitrogens with two attached hydrogens (primary N) is 1. The highest BCUT2D eigenvalue weighted by Crippen LogP contribution is 2.33. The maximum atomic E-state index is 6.05. The van der Waals surface area contributed by atoms with Gasteiger partial charge in [0.15, 0.2) is 0 Å². The van der Waals surface area contributed by atoms with E-state index in [1.165, 1.54) is 0 Å². The van der Waals surface area contributed by atoms with Crippen molar-refractivity contribution in [2.45, 2.75) is 26.0 Å². The zero-order valence-corrected chi connectivity index (χ0v) is 14.7. The molecule has 0 radical (unpaired) electrons. The molecule has 0 saturated heterocycles. The molecule has 0 fully saturated rings. The Bertz CT molecular complexity index is 568. The number of hydrogen-bond acceptors (Lipinski definition) is 3. The molecule has 1 aromatic carbocycles. The summed E-state index contributed by atoms with van der Waals surface area (Å²) < 4.78 is 8.22. The highest BCUT2D eigenvalue weighted by molar-refractivity contribution is 9.11. The van der Waals surface area contributed by atoms with Crippen LogP contribution in [0.4, 0.5) is 0 Å². The molecule has 2 atom stereocenters. The lowest BCUT2D eigenvalue weighted by atomic mass is 10.1. The second-order valence-corrected chi connectivity index (χ2v) is 7.80. The number of thiophene rings is 1. The van der Waals surface area contributed by atoms with E-state index >= 15 is 0 Å². The van der Waals surface area contributed by atoms with E-state index in [0.29, 0.717) is 0 Å². The summed E-state index contributed by atoms with van der Waals surface area (Å²) in [6, 6.07) is 9.96. The van der Waals surface area contributed by atoms with Crippen LogP contribution in [-0.2, 0) is 0 Å². The molecule has 2 aromatic rings. The number of rotatable bonds is 4. The summed E-state index contributed by atoms with van der Waals surface area (Å²) in [4.78, 5) is 1.13. The minimum Gasteiger partial charge on any atom is -0.483 e. The summed E-state index contributed by atoms with van der Waals surface area (Å²) in [6.07, 6.45) is -0.128. The fourth-order valence-electron chi connectivity index (χ4n) is 1.74. The zero-order chi connectivity index (χ0) is 14.0. The van der Waals surface area contributed by atoms with Crippen LogP contribution in [0.2, 0.25) is 0 Å². The van der Waals surface area contributed by atoms with Crippen LogP contribution in [0, 0.1) is 6.92 Å². The highest BCUT2D eigenvalue weighted by Gasteiger charge is 2.20. The van der Waals surface area contributed by atoms with Crippen LogP contribution < -0.4 is 10.5 Å². The van der Waals surface area contributed by atoms with Gasteiger partial charge in [-0.25, -0.2) is 0 Å². The van der Waals surface area contributed by atoms with Crippen molar-refractivity contribution in [1.29, 1.82) is 0 Å². The topological polar surface area (TPSA) is 35.2 Å². The maximum Gasteiger partial charge on any atom is 0.148 e. The van der Waals surface area contributed by atoms with Crippen LogP contribution in [0.3, 0.4) is 0 Å². The van der Waals surface area contributed by atoms with Crippen molar-refractivity contribution in [1.82, 2.24) is 0 Å². The summed E-state index contributed by atoms with van der Waals surface area (Å²) >= 11 is 8.61. The van der Waals surface area contributed by atoms with Crippen molar-refractivity contribution in [3.05, 3.63) is 49.0 Å². The Labute approximate surface area is 134 Å². The molecule has 0 aliphatic carbocycles. The van der Waals surface area contributed by atoms with E-state index in [9.17, 15) is 0 Å². The van der Waals surface area contributed by atoms with E-state index in [1.54, 1.807) is 11.3 Å². The lowest BCUT2D eigenvalue weighted by Crippen LogP contribution is -2.28. The smallest absolute Gasteiger partial charge is 0.148 e. The second-order valence-electron chi connectivity index (χ2n) is 4.45. The van der Waals surface area contributed by atoms with Crippen LogP contribution in [0.25, 0.3) is 0 Å². The predicted molar refractivity (Wildman–Crippen MR) is 87.9 cm³/mol. The molecule has 19 heavy (non-hydrogen) atoms. The largest absolute Gasteiger partial charge is 0.483 e. The van der Waals surface area contributed by atoms with Crippen molar-refractivity contribution in [3.8, 4) is 5.75 Å². The minimum atomic E-state index is -0.128. The molecule has 0 aliphatic rings. The lowest BCUT2D eigenvalue weighted by Gasteiger charge is -2.21. The molecule has 0 aliphatic heterocycles. The van der Waals surface area contributed by atoms with Crippen LogP contribution >= 0.6 is 43.2 Å². The molecular formula is C14H15Br2NOS. The Balaban J connectivity index is 2.23. The average Bonchev–Trinajstić information content (AvgIpc) is 2.76. The summed E-state index contributed by atoms with van der Waals surface area (Å²) in [5.41, 5.74) is 7.20. The molecule has 0 saturated carbocycles. The Morgan fingerprint density at radius 1 is 1.21 bits per heavy atom. The van der Waals surface area contributed by atoms with Gasteiger partial charge in [-0.05, 0) is 65.7 Å². The van der Waals surface area contributed by atoms with Crippen LogP contribution in [0.1, 0.15) is 23.5 Å². The Morgan fingerprint density at radius 3 is 2.47 bits per heavy atom. The Hall–Kier alpha value is -0.360. The molecule has 0 bridgehead atoms. The van der Waals surface area contributed by atoms with Crippen molar-refractivity contribution in [2.24, 2.45) is 5.73 Å². The first kappa shape index (κ1) is 15.0. The van der Waals surface area contributed by atoms with Crippen molar-refractivity contribution in [3.63, 3.8) is 0 Å². The molecule has 2 N–H and O–H groups in total. The molecule has 1 heterocycles. The third-order valence-corrected chi connectivity index (χ3v) is 5.32. The van der Waals surface area contributed by atoms with E-state index < -0.39 is 0 Å². The quantitative estimate of drug-likeness (QED) is 0.773. The fraction of sp³-hybridized carbons (Fsp3) is 0.286. The van der Waals surface area contributed by atoms with Gasteiger partial charge in [0.05, 0.1) is 3.79 Å². The van der Waals surface area contributed by atoms with E-state index in [1.807, 2.05) is 38.1 Å². The molecule has 5 heteroatoms. The molecule has 2 rings (SSSR count).